The Bertz CT molecular complexity index is 1250. The molecule has 1 fully saturated rings. The van der Waals surface area contributed by atoms with Crippen molar-refractivity contribution in [2.24, 2.45) is 0 Å². The summed E-state index contributed by atoms with van der Waals surface area (Å²) in [6, 6.07) is 16.9. The third-order valence-electron chi connectivity index (χ3n) is 5.12. The predicted octanol–water partition coefficient (Wildman–Crippen LogP) is 5.70. The summed E-state index contributed by atoms with van der Waals surface area (Å²) >= 11 is 3.08. The molecule has 4 rings (SSSR count). The smallest absolute Gasteiger partial charge is 0.293 e. The highest BCUT2D eigenvalue weighted by atomic mass is 127. The van der Waals surface area contributed by atoms with Crippen LogP contribution in [0.5, 0.6) is 17.2 Å². The summed E-state index contributed by atoms with van der Waals surface area (Å²) in [5.41, 5.74) is 2.67. The number of carbonyl (C=O) groups excluding carboxylic acids is 2. The predicted molar refractivity (Wildman–Crippen MR) is 144 cm³/mol. The van der Waals surface area contributed by atoms with Gasteiger partial charge in [0, 0.05) is 6.20 Å². The zero-order chi connectivity index (χ0) is 24.8. The molecule has 0 spiro atoms. The second-order valence-corrected chi connectivity index (χ2v) is 9.79. The van der Waals surface area contributed by atoms with Gasteiger partial charge >= 0.3 is 0 Å². The molecule has 35 heavy (non-hydrogen) atoms. The van der Waals surface area contributed by atoms with Crippen LogP contribution < -0.4 is 14.2 Å². The number of hydrogen-bond acceptors (Lipinski definition) is 7. The molecule has 0 bridgehead atoms. The number of pyridine rings is 1. The minimum Gasteiger partial charge on any atom is -0.493 e. The second kappa shape index (κ2) is 11.6. The van der Waals surface area contributed by atoms with E-state index >= 15 is 0 Å². The molecule has 1 saturated heterocycles. The molecule has 180 valence electrons. The van der Waals surface area contributed by atoms with Gasteiger partial charge in [0.1, 0.15) is 19.0 Å². The third-order valence-corrected chi connectivity index (χ3v) is 6.83. The molecule has 9 heteroatoms. The van der Waals surface area contributed by atoms with Gasteiger partial charge < -0.3 is 14.2 Å². The summed E-state index contributed by atoms with van der Waals surface area (Å²) in [5.74, 6) is 1.49. The molecule has 0 radical (unpaired) electrons. The molecule has 2 aromatic carbocycles. The number of hydrogen-bond donors (Lipinski definition) is 0. The Morgan fingerprint density at radius 3 is 2.60 bits per heavy atom. The van der Waals surface area contributed by atoms with E-state index in [1.165, 1.54) is 4.90 Å². The highest BCUT2D eigenvalue weighted by Gasteiger charge is 2.35. The van der Waals surface area contributed by atoms with Gasteiger partial charge in [0.15, 0.2) is 11.5 Å². The number of halogens is 1. The van der Waals surface area contributed by atoms with Gasteiger partial charge in [0.25, 0.3) is 11.1 Å². The van der Waals surface area contributed by atoms with Crippen molar-refractivity contribution in [1.29, 1.82) is 0 Å². The number of benzene rings is 2. The lowest BCUT2D eigenvalue weighted by atomic mass is 10.2. The molecule has 2 amide bonds. The van der Waals surface area contributed by atoms with Gasteiger partial charge in [0.05, 0.1) is 27.8 Å². The number of amides is 2. The van der Waals surface area contributed by atoms with Crippen molar-refractivity contribution in [3.8, 4) is 17.2 Å². The third kappa shape index (κ3) is 6.34. The summed E-state index contributed by atoms with van der Waals surface area (Å²) in [4.78, 5) is 31.1. The number of ether oxygens (including phenoxy) is 3. The zero-order valence-electron chi connectivity index (χ0n) is 19.2. The van der Waals surface area contributed by atoms with Gasteiger partial charge in [-0.3, -0.25) is 19.5 Å². The average molecular weight is 602 g/mol. The number of carbonyl (C=O) groups is 2. The quantitative estimate of drug-likeness (QED) is 0.230. The van der Waals surface area contributed by atoms with Gasteiger partial charge in [-0.25, -0.2) is 0 Å². The Morgan fingerprint density at radius 2 is 1.89 bits per heavy atom. The lowest BCUT2D eigenvalue weighted by Crippen LogP contribution is -2.32. The molecular weight excluding hydrogens is 579 g/mol. The molecule has 0 atom stereocenters. The summed E-state index contributed by atoms with van der Waals surface area (Å²) in [6.07, 6.45) is 3.41. The molecule has 0 unspecified atom stereocenters. The summed E-state index contributed by atoms with van der Waals surface area (Å²) in [6.45, 7) is 2.70. The highest BCUT2D eigenvalue weighted by molar-refractivity contribution is 14.1. The first-order valence-corrected chi connectivity index (χ1v) is 12.7. The molecule has 7 nitrogen and oxygen atoms in total. The minimum absolute atomic E-state index is 0.178. The number of thioether (sulfide) groups is 1. The van der Waals surface area contributed by atoms with E-state index in [1.54, 1.807) is 25.4 Å². The van der Waals surface area contributed by atoms with E-state index in [9.17, 15) is 9.59 Å². The largest absolute Gasteiger partial charge is 0.493 e. The van der Waals surface area contributed by atoms with Gasteiger partial charge in [-0.1, -0.05) is 23.8 Å². The van der Waals surface area contributed by atoms with Gasteiger partial charge in [-0.2, -0.15) is 0 Å². The summed E-state index contributed by atoms with van der Waals surface area (Å²) < 4.78 is 18.0. The van der Waals surface area contributed by atoms with E-state index in [0.717, 1.165) is 32.2 Å². The van der Waals surface area contributed by atoms with Crippen molar-refractivity contribution < 1.29 is 23.8 Å². The maximum Gasteiger partial charge on any atom is 0.293 e. The first-order valence-electron chi connectivity index (χ1n) is 10.8. The number of aryl methyl sites for hydroxylation is 1. The van der Waals surface area contributed by atoms with Crippen molar-refractivity contribution in [2.45, 2.75) is 13.5 Å². The number of methoxy groups -OCH3 is 1. The Kier molecular flexibility index (Phi) is 8.29. The molecule has 2 heterocycles. The van der Waals surface area contributed by atoms with Crippen LogP contribution in [0.4, 0.5) is 4.79 Å². The zero-order valence-corrected chi connectivity index (χ0v) is 22.2. The number of imide groups is 1. The lowest BCUT2D eigenvalue weighted by Gasteiger charge is -2.14. The van der Waals surface area contributed by atoms with Crippen molar-refractivity contribution in [3.63, 3.8) is 0 Å². The average Bonchev–Trinajstić information content (AvgIpc) is 3.12. The van der Waals surface area contributed by atoms with Crippen molar-refractivity contribution in [1.82, 2.24) is 9.88 Å². The molecule has 3 aromatic rings. The Morgan fingerprint density at radius 1 is 1.09 bits per heavy atom. The molecule has 0 N–H and O–H groups in total. The topological polar surface area (TPSA) is 78.0 Å². The van der Waals surface area contributed by atoms with Gasteiger partial charge in [-0.15, -0.1) is 0 Å². The SMILES string of the molecule is COc1cc(/C=C2\SC(=O)N(CCOc3ccc(C)cc3)C2=O)cc(I)c1OCc1ccccn1. The standard InChI is InChI=1S/C26H23IN2O5S/c1-17-6-8-20(9-7-17)33-12-11-29-25(30)23(35-26(29)31)15-18-13-21(27)24(22(14-18)32-2)34-16-19-5-3-4-10-28-19/h3-10,13-15H,11-12,16H2,1-2H3/b23-15-. The minimum atomic E-state index is -0.336. The van der Waals surface area contributed by atoms with Crippen LogP contribution in [-0.2, 0) is 11.4 Å². The maximum absolute atomic E-state index is 12.9. The maximum atomic E-state index is 12.9. The lowest BCUT2D eigenvalue weighted by molar-refractivity contribution is -0.123. The fourth-order valence-electron chi connectivity index (χ4n) is 3.33. The van der Waals surface area contributed by atoms with Crippen LogP contribution in [0.2, 0.25) is 0 Å². The van der Waals surface area contributed by atoms with E-state index in [1.807, 2.05) is 55.5 Å². The van der Waals surface area contributed by atoms with Crippen LogP contribution in [0.3, 0.4) is 0 Å². The molecule has 1 aliphatic rings. The van der Waals surface area contributed by atoms with E-state index in [0.29, 0.717) is 28.8 Å². The summed E-state index contributed by atoms with van der Waals surface area (Å²) in [7, 11) is 1.56. The second-order valence-electron chi connectivity index (χ2n) is 7.64. The van der Waals surface area contributed by atoms with Crippen molar-refractivity contribution >= 4 is 51.6 Å². The van der Waals surface area contributed by atoms with Crippen LogP contribution in [0, 0.1) is 10.5 Å². The van der Waals surface area contributed by atoms with Crippen LogP contribution in [0.25, 0.3) is 6.08 Å². The van der Waals surface area contributed by atoms with Crippen molar-refractivity contribution in [3.05, 3.63) is 86.1 Å². The number of nitrogens with zero attached hydrogens (tertiary/aromatic N) is 2. The highest BCUT2D eigenvalue weighted by Crippen LogP contribution is 2.37. The normalized spacial score (nSPS) is 14.5. The van der Waals surface area contributed by atoms with Crippen LogP contribution in [0.1, 0.15) is 16.8 Å². The van der Waals surface area contributed by atoms with Crippen LogP contribution >= 0.6 is 34.4 Å². The van der Waals surface area contributed by atoms with Gasteiger partial charge in [0.2, 0.25) is 0 Å². The number of aromatic nitrogens is 1. The monoisotopic (exact) mass is 602 g/mol. The fraction of sp³-hybridized carbons (Fsp3) is 0.192. The Hall–Kier alpha value is -3.05. The van der Waals surface area contributed by atoms with E-state index in [-0.39, 0.29) is 24.3 Å². The molecule has 1 aliphatic heterocycles. The Labute approximate surface area is 221 Å². The summed E-state index contributed by atoms with van der Waals surface area (Å²) in [5, 5.41) is -0.314. The van der Waals surface area contributed by atoms with Gasteiger partial charge in [-0.05, 0) is 89.3 Å². The molecule has 0 aliphatic carbocycles. The van der Waals surface area contributed by atoms with Crippen LogP contribution in [0.15, 0.2) is 65.7 Å². The first kappa shape index (κ1) is 25.1. The fourth-order valence-corrected chi connectivity index (χ4v) is 4.97. The molecular formula is C26H23IN2O5S. The molecule has 1 aromatic heterocycles. The Balaban J connectivity index is 1.43. The first-order chi connectivity index (χ1) is 16.9. The molecule has 0 saturated carbocycles. The van der Waals surface area contributed by atoms with E-state index in [4.69, 9.17) is 14.2 Å². The number of rotatable bonds is 9. The van der Waals surface area contributed by atoms with E-state index in [2.05, 4.69) is 27.6 Å². The van der Waals surface area contributed by atoms with Crippen LogP contribution in [-0.4, -0.2) is 41.3 Å². The van der Waals surface area contributed by atoms with E-state index < -0.39 is 0 Å². The van der Waals surface area contributed by atoms with Crippen molar-refractivity contribution in [2.75, 3.05) is 20.3 Å².